The van der Waals surface area contributed by atoms with Crippen molar-refractivity contribution in [1.82, 2.24) is 0 Å². The van der Waals surface area contributed by atoms with E-state index in [4.69, 9.17) is 0 Å². The Labute approximate surface area is 123 Å². The zero-order valence-electron chi connectivity index (χ0n) is 10.5. The van der Waals surface area contributed by atoms with E-state index in [0.717, 1.165) is 13.2 Å². The molecule has 0 spiro atoms. The molecule has 6 heteroatoms. The first-order valence-electron chi connectivity index (χ1n) is 5.73. The van der Waals surface area contributed by atoms with E-state index in [1.165, 1.54) is 0 Å². The van der Waals surface area contributed by atoms with Crippen molar-refractivity contribution in [1.29, 1.82) is 0 Å². The smallest absolute Gasteiger partial charge is 0.262 e. The van der Waals surface area contributed by atoms with Crippen molar-refractivity contribution < 1.29 is 24.1 Å². The largest absolute Gasteiger partial charge is 0.509 e. The summed E-state index contributed by atoms with van der Waals surface area (Å²) >= 11 is 3.30. The maximum absolute atomic E-state index is 14.4. The molecule has 4 nitrogen and oxygen atoms in total. The first kappa shape index (κ1) is 14.9. The summed E-state index contributed by atoms with van der Waals surface area (Å²) in [7, 11) is 1.07. The number of rotatable bonds is 3. The van der Waals surface area contributed by atoms with Crippen LogP contribution in [-0.2, 0) is 9.53 Å². The lowest BCUT2D eigenvalue weighted by Crippen LogP contribution is -2.42. The van der Waals surface area contributed by atoms with E-state index in [0.29, 0.717) is 16.3 Å². The van der Waals surface area contributed by atoms with E-state index in [9.17, 15) is 19.4 Å². The standard InChI is InChI=1S/C14H12BrFO4/c1-20-14(16)6-9(8-4-2-3-5-11(8)15)10(7-17)12(18)13(14)19/h2-7,13,18-19H,1H3. The summed E-state index contributed by atoms with van der Waals surface area (Å²) in [6, 6.07) is 6.83. The first-order chi connectivity index (χ1) is 9.44. The molecule has 0 amide bonds. The number of alkyl halides is 1. The number of carbonyl (C=O) groups excluding carboxylic acids is 1. The zero-order chi connectivity index (χ0) is 14.9. The van der Waals surface area contributed by atoms with Gasteiger partial charge in [-0.2, -0.15) is 0 Å². The van der Waals surface area contributed by atoms with Crippen molar-refractivity contribution in [2.75, 3.05) is 7.11 Å². The van der Waals surface area contributed by atoms with Crippen molar-refractivity contribution in [3.63, 3.8) is 0 Å². The number of hydrogen-bond donors (Lipinski definition) is 2. The number of ether oxygens (including phenoxy) is 1. The maximum Gasteiger partial charge on any atom is 0.262 e. The molecule has 0 bridgehead atoms. The molecule has 0 saturated heterocycles. The molecular formula is C14H12BrFO4. The molecule has 20 heavy (non-hydrogen) atoms. The van der Waals surface area contributed by atoms with Crippen LogP contribution < -0.4 is 0 Å². The van der Waals surface area contributed by atoms with Crippen LogP contribution in [0.25, 0.3) is 5.57 Å². The van der Waals surface area contributed by atoms with Gasteiger partial charge in [0.15, 0.2) is 12.4 Å². The lowest BCUT2D eigenvalue weighted by Gasteiger charge is -2.31. The Balaban J connectivity index is 2.68. The SMILES string of the molecule is COC1(F)C=C(c2ccccc2Br)C(C=O)=C(O)C1O. The maximum atomic E-state index is 14.4. The van der Waals surface area contributed by atoms with E-state index >= 15 is 0 Å². The molecule has 0 fully saturated rings. The van der Waals surface area contributed by atoms with E-state index in [1.54, 1.807) is 24.3 Å². The average molecular weight is 343 g/mol. The molecule has 1 aromatic rings. The fourth-order valence-electron chi connectivity index (χ4n) is 2.02. The van der Waals surface area contributed by atoms with Crippen LogP contribution >= 0.6 is 15.9 Å². The number of aldehydes is 1. The highest BCUT2D eigenvalue weighted by Gasteiger charge is 2.45. The third kappa shape index (κ3) is 2.30. The van der Waals surface area contributed by atoms with Crippen molar-refractivity contribution in [2.45, 2.75) is 12.0 Å². The third-order valence-corrected chi connectivity index (χ3v) is 3.83. The predicted octanol–water partition coefficient (Wildman–Crippen LogP) is 2.53. The molecule has 0 aliphatic heterocycles. The number of carbonyl (C=O) groups is 1. The van der Waals surface area contributed by atoms with Gasteiger partial charge in [-0.1, -0.05) is 34.1 Å². The van der Waals surface area contributed by atoms with Crippen molar-refractivity contribution in [3.05, 3.63) is 51.7 Å². The Morgan fingerprint density at radius 1 is 1.45 bits per heavy atom. The summed E-state index contributed by atoms with van der Waals surface area (Å²) in [4.78, 5) is 11.2. The first-order valence-corrected chi connectivity index (χ1v) is 6.52. The molecule has 2 unspecified atom stereocenters. The molecule has 0 saturated carbocycles. The van der Waals surface area contributed by atoms with Gasteiger partial charge >= 0.3 is 0 Å². The fraction of sp³-hybridized carbons (Fsp3) is 0.214. The number of aliphatic hydroxyl groups is 2. The Kier molecular flexibility index (Phi) is 4.08. The highest BCUT2D eigenvalue weighted by Crippen LogP contribution is 2.39. The second-order valence-electron chi connectivity index (χ2n) is 4.26. The molecule has 2 N–H and O–H groups in total. The summed E-state index contributed by atoms with van der Waals surface area (Å²) in [6.45, 7) is 0. The Morgan fingerprint density at radius 2 is 2.10 bits per heavy atom. The minimum absolute atomic E-state index is 0.152. The van der Waals surface area contributed by atoms with Crippen molar-refractivity contribution in [2.24, 2.45) is 0 Å². The van der Waals surface area contributed by atoms with Crippen LogP contribution in [0.2, 0.25) is 0 Å². The normalized spacial score (nSPS) is 26.4. The number of hydrogen-bond acceptors (Lipinski definition) is 4. The minimum Gasteiger partial charge on any atom is -0.509 e. The van der Waals surface area contributed by atoms with Crippen LogP contribution in [0.3, 0.4) is 0 Å². The highest BCUT2D eigenvalue weighted by molar-refractivity contribution is 9.10. The second-order valence-corrected chi connectivity index (χ2v) is 5.11. The van der Waals surface area contributed by atoms with Gasteiger partial charge in [-0.05, 0) is 23.3 Å². The molecule has 106 valence electrons. The Bertz CT molecular complexity index is 611. The van der Waals surface area contributed by atoms with Gasteiger partial charge in [0.2, 0.25) is 0 Å². The summed E-state index contributed by atoms with van der Waals surface area (Å²) in [5, 5.41) is 19.6. The Hall–Kier alpha value is -1.50. The van der Waals surface area contributed by atoms with Gasteiger partial charge < -0.3 is 14.9 Å². The number of allylic oxidation sites excluding steroid dienone is 2. The number of benzene rings is 1. The van der Waals surface area contributed by atoms with E-state index in [2.05, 4.69) is 20.7 Å². The number of halogens is 2. The molecule has 0 radical (unpaired) electrons. The molecular weight excluding hydrogens is 331 g/mol. The van der Waals surface area contributed by atoms with Gasteiger partial charge in [-0.15, -0.1) is 0 Å². The van der Waals surface area contributed by atoms with Gasteiger partial charge in [0.25, 0.3) is 5.85 Å². The molecule has 1 aromatic carbocycles. The van der Waals surface area contributed by atoms with Gasteiger partial charge in [-0.25, -0.2) is 4.39 Å². The third-order valence-electron chi connectivity index (χ3n) is 3.13. The van der Waals surface area contributed by atoms with Crippen molar-refractivity contribution >= 4 is 27.8 Å². The summed E-state index contributed by atoms with van der Waals surface area (Å²) in [5.74, 6) is -3.35. The van der Waals surface area contributed by atoms with Crippen LogP contribution in [0, 0.1) is 0 Å². The summed E-state index contributed by atoms with van der Waals surface area (Å²) in [6.07, 6.45) is -0.584. The number of aliphatic hydroxyl groups excluding tert-OH is 2. The summed E-state index contributed by atoms with van der Waals surface area (Å²) < 4.78 is 19.7. The number of methoxy groups -OCH3 is 1. The van der Waals surface area contributed by atoms with Crippen molar-refractivity contribution in [3.8, 4) is 0 Å². The van der Waals surface area contributed by atoms with Gasteiger partial charge in [-0.3, -0.25) is 4.79 Å². The lowest BCUT2D eigenvalue weighted by atomic mass is 9.87. The quantitative estimate of drug-likeness (QED) is 0.828. The van der Waals surface area contributed by atoms with Gasteiger partial charge in [0.05, 0.1) is 5.57 Å². The lowest BCUT2D eigenvalue weighted by molar-refractivity contribution is -0.153. The molecule has 0 heterocycles. The average Bonchev–Trinajstić information content (AvgIpc) is 2.45. The predicted molar refractivity (Wildman–Crippen MR) is 74.7 cm³/mol. The zero-order valence-corrected chi connectivity index (χ0v) is 12.1. The molecule has 2 atom stereocenters. The Morgan fingerprint density at radius 3 is 2.65 bits per heavy atom. The van der Waals surface area contributed by atoms with E-state index in [-0.39, 0.29) is 11.1 Å². The molecule has 2 rings (SSSR count). The monoisotopic (exact) mass is 342 g/mol. The highest BCUT2D eigenvalue weighted by atomic mass is 79.9. The molecule has 1 aliphatic rings. The minimum atomic E-state index is -2.60. The molecule has 0 aromatic heterocycles. The van der Waals surface area contributed by atoms with Crippen LogP contribution in [-0.4, -0.2) is 35.6 Å². The van der Waals surface area contributed by atoms with E-state index < -0.39 is 17.7 Å². The fourth-order valence-corrected chi connectivity index (χ4v) is 2.52. The van der Waals surface area contributed by atoms with Crippen LogP contribution in [0.1, 0.15) is 5.56 Å². The second kappa shape index (κ2) is 5.47. The topological polar surface area (TPSA) is 66.8 Å². The van der Waals surface area contributed by atoms with Crippen LogP contribution in [0.5, 0.6) is 0 Å². The van der Waals surface area contributed by atoms with E-state index in [1.807, 2.05) is 0 Å². The molecule has 1 aliphatic carbocycles. The summed E-state index contributed by atoms with van der Waals surface area (Å²) in [5.41, 5.74) is 0.487. The van der Waals surface area contributed by atoms with Crippen LogP contribution in [0.15, 0.2) is 46.1 Å². The van der Waals surface area contributed by atoms with Gasteiger partial charge in [0.1, 0.15) is 5.76 Å². The van der Waals surface area contributed by atoms with Crippen LogP contribution in [0.4, 0.5) is 4.39 Å². The van der Waals surface area contributed by atoms with Gasteiger partial charge in [0, 0.05) is 11.6 Å².